The van der Waals surface area contributed by atoms with Crippen LogP contribution < -0.4 is 4.74 Å². The Morgan fingerprint density at radius 1 is 1.00 bits per heavy atom. The number of amides is 1. The largest absolute Gasteiger partial charge is 0.489 e. The highest BCUT2D eigenvalue weighted by atomic mass is 16.5. The Kier molecular flexibility index (Phi) is 4.66. The van der Waals surface area contributed by atoms with Crippen LogP contribution in [0.3, 0.4) is 0 Å². The molecule has 0 N–H and O–H groups in total. The van der Waals surface area contributed by atoms with Gasteiger partial charge in [-0.2, -0.15) is 0 Å². The van der Waals surface area contributed by atoms with E-state index in [9.17, 15) is 4.79 Å². The van der Waals surface area contributed by atoms with Gasteiger partial charge in [-0.05, 0) is 30.3 Å². The van der Waals surface area contributed by atoms with Crippen LogP contribution in [0.1, 0.15) is 21.9 Å². The number of rotatable bonds is 6. The van der Waals surface area contributed by atoms with Gasteiger partial charge in [-0.1, -0.05) is 36.4 Å². The number of furan rings is 2. The molecule has 0 saturated heterocycles. The van der Waals surface area contributed by atoms with E-state index in [1.807, 2.05) is 60.7 Å². The number of para-hydroxylation sites is 2. The maximum Gasteiger partial charge on any atom is 0.290 e. The van der Waals surface area contributed by atoms with Crippen molar-refractivity contribution in [2.45, 2.75) is 13.2 Å². The fourth-order valence-electron chi connectivity index (χ4n) is 2.97. The van der Waals surface area contributed by atoms with Gasteiger partial charge in [0.25, 0.3) is 5.91 Å². The predicted molar refractivity (Wildman–Crippen MR) is 101 cm³/mol. The second-order valence-corrected chi connectivity index (χ2v) is 6.25. The van der Waals surface area contributed by atoms with Gasteiger partial charge in [0.05, 0.1) is 12.8 Å². The summed E-state index contributed by atoms with van der Waals surface area (Å²) < 4.78 is 17.1. The zero-order chi connectivity index (χ0) is 18.6. The summed E-state index contributed by atoms with van der Waals surface area (Å²) in [5, 5.41) is 0.878. The second kappa shape index (κ2) is 7.41. The third-order valence-corrected chi connectivity index (χ3v) is 4.34. The molecular formula is C22H19NO4. The fraction of sp³-hybridized carbons (Fsp3) is 0.136. The van der Waals surface area contributed by atoms with Gasteiger partial charge in [0.1, 0.15) is 23.7 Å². The lowest BCUT2D eigenvalue weighted by Crippen LogP contribution is -2.26. The number of fused-ring (bicyclic) bond motifs is 1. The summed E-state index contributed by atoms with van der Waals surface area (Å²) in [6, 6.07) is 20.7. The molecule has 136 valence electrons. The third-order valence-electron chi connectivity index (χ3n) is 4.34. The molecule has 1 amide bonds. The second-order valence-electron chi connectivity index (χ2n) is 6.25. The molecule has 0 spiro atoms. The Labute approximate surface area is 156 Å². The van der Waals surface area contributed by atoms with Gasteiger partial charge >= 0.3 is 0 Å². The number of benzene rings is 2. The van der Waals surface area contributed by atoms with Crippen LogP contribution in [0.5, 0.6) is 5.75 Å². The smallest absolute Gasteiger partial charge is 0.290 e. The zero-order valence-corrected chi connectivity index (χ0v) is 14.9. The van der Waals surface area contributed by atoms with Crippen molar-refractivity contribution >= 4 is 16.9 Å². The third kappa shape index (κ3) is 3.58. The van der Waals surface area contributed by atoms with E-state index in [-0.39, 0.29) is 12.5 Å². The number of hydrogen-bond acceptors (Lipinski definition) is 4. The lowest BCUT2D eigenvalue weighted by atomic mass is 10.1. The van der Waals surface area contributed by atoms with Crippen molar-refractivity contribution in [2.24, 2.45) is 0 Å². The van der Waals surface area contributed by atoms with E-state index < -0.39 is 0 Å². The van der Waals surface area contributed by atoms with E-state index >= 15 is 0 Å². The van der Waals surface area contributed by atoms with Gasteiger partial charge in [0.2, 0.25) is 0 Å². The highest BCUT2D eigenvalue weighted by molar-refractivity contribution is 5.98. The first-order chi connectivity index (χ1) is 13.2. The quantitative estimate of drug-likeness (QED) is 0.491. The minimum atomic E-state index is -0.214. The van der Waals surface area contributed by atoms with Gasteiger partial charge in [-0.3, -0.25) is 4.79 Å². The van der Waals surface area contributed by atoms with Crippen LogP contribution in [0.25, 0.3) is 11.0 Å². The lowest BCUT2D eigenvalue weighted by Gasteiger charge is -2.15. The Bertz CT molecular complexity index is 1030. The van der Waals surface area contributed by atoms with E-state index in [0.29, 0.717) is 23.6 Å². The molecular weight excluding hydrogens is 342 g/mol. The minimum absolute atomic E-state index is 0.214. The first-order valence-electron chi connectivity index (χ1n) is 8.68. The maximum absolute atomic E-state index is 13.0. The van der Waals surface area contributed by atoms with Crippen molar-refractivity contribution in [1.82, 2.24) is 4.90 Å². The topological polar surface area (TPSA) is 55.8 Å². The molecule has 4 rings (SSSR count). The molecule has 5 nitrogen and oxygen atoms in total. The van der Waals surface area contributed by atoms with Gasteiger partial charge in [0, 0.05) is 18.0 Å². The minimum Gasteiger partial charge on any atom is -0.489 e. The number of hydrogen-bond donors (Lipinski definition) is 0. The summed E-state index contributed by atoms with van der Waals surface area (Å²) in [6.07, 6.45) is 1.59. The number of carbonyl (C=O) groups is 1. The summed E-state index contributed by atoms with van der Waals surface area (Å²) in [6.45, 7) is 0.610. The van der Waals surface area contributed by atoms with E-state index in [2.05, 4.69) is 0 Å². The molecule has 27 heavy (non-hydrogen) atoms. The summed E-state index contributed by atoms with van der Waals surface area (Å²) in [5.74, 6) is 1.53. The van der Waals surface area contributed by atoms with Crippen molar-refractivity contribution in [1.29, 1.82) is 0 Å². The molecule has 0 fully saturated rings. The van der Waals surface area contributed by atoms with Crippen LogP contribution in [-0.2, 0) is 13.2 Å². The summed E-state index contributed by atoms with van der Waals surface area (Å²) >= 11 is 0. The first kappa shape index (κ1) is 17.0. The monoisotopic (exact) mass is 361 g/mol. The number of nitrogens with zero attached hydrogens (tertiary/aromatic N) is 1. The molecule has 0 bridgehead atoms. The van der Waals surface area contributed by atoms with Crippen molar-refractivity contribution < 1.29 is 18.4 Å². The van der Waals surface area contributed by atoms with Gasteiger partial charge in [-0.15, -0.1) is 0 Å². The van der Waals surface area contributed by atoms with Crippen molar-refractivity contribution in [3.8, 4) is 5.75 Å². The van der Waals surface area contributed by atoms with Crippen LogP contribution in [0, 0.1) is 0 Å². The van der Waals surface area contributed by atoms with Crippen LogP contribution >= 0.6 is 0 Å². The van der Waals surface area contributed by atoms with Crippen molar-refractivity contribution in [3.63, 3.8) is 0 Å². The lowest BCUT2D eigenvalue weighted by molar-refractivity contribution is 0.0742. The molecule has 5 heteroatoms. The Hall–Kier alpha value is -3.47. The standard InChI is InChI=1S/C22H19NO4/c1-23(14-17-10-7-13-25-17)22(24)21-19(15-26-16-8-3-2-4-9-16)18-11-5-6-12-20(18)27-21/h2-13H,14-15H2,1H3. The van der Waals surface area contributed by atoms with Crippen molar-refractivity contribution in [2.75, 3.05) is 7.05 Å². The zero-order valence-electron chi connectivity index (χ0n) is 14.9. The van der Waals surface area contributed by atoms with E-state index in [1.165, 1.54) is 0 Å². The molecule has 0 aliphatic heterocycles. The Morgan fingerprint density at radius 3 is 2.56 bits per heavy atom. The molecule has 2 aromatic carbocycles. The Balaban J connectivity index is 1.63. The highest BCUT2D eigenvalue weighted by Gasteiger charge is 2.24. The average Bonchev–Trinajstić information content (AvgIpc) is 3.34. The molecule has 0 aliphatic carbocycles. The van der Waals surface area contributed by atoms with Crippen molar-refractivity contribution in [3.05, 3.63) is 90.1 Å². The van der Waals surface area contributed by atoms with E-state index in [1.54, 1.807) is 24.3 Å². The average molecular weight is 361 g/mol. The van der Waals surface area contributed by atoms with Crippen LogP contribution in [0.2, 0.25) is 0 Å². The first-order valence-corrected chi connectivity index (χ1v) is 8.68. The van der Waals surface area contributed by atoms with Gasteiger partial charge in [0.15, 0.2) is 5.76 Å². The molecule has 0 atom stereocenters. The molecule has 2 aromatic heterocycles. The van der Waals surface area contributed by atoms with Crippen LogP contribution in [0.15, 0.2) is 81.8 Å². The number of carbonyl (C=O) groups excluding carboxylic acids is 1. The van der Waals surface area contributed by atoms with Gasteiger partial charge in [-0.25, -0.2) is 0 Å². The molecule has 0 unspecified atom stereocenters. The normalized spacial score (nSPS) is 10.9. The van der Waals surface area contributed by atoms with Gasteiger partial charge < -0.3 is 18.5 Å². The summed E-state index contributed by atoms with van der Waals surface area (Å²) in [5.41, 5.74) is 1.41. The summed E-state index contributed by atoms with van der Waals surface area (Å²) in [4.78, 5) is 14.6. The molecule has 0 aliphatic rings. The molecule has 2 heterocycles. The van der Waals surface area contributed by atoms with Crippen LogP contribution in [-0.4, -0.2) is 17.9 Å². The maximum atomic E-state index is 13.0. The number of ether oxygens (including phenoxy) is 1. The predicted octanol–water partition coefficient (Wildman–Crippen LogP) is 4.88. The van der Waals surface area contributed by atoms with E-state index in [0.717, 1.165) is 16.7 Å². The van der Waals surface area contributed by atoms with Crippen LogP contribution in [0.4, 0.5) is 0 Å². The summed E-state index contributed by atoms with van der Waals surface area (Å²) in [7, 11) is 1.72. The highest BCUT2D eigenvalue weighted by Crippen LogP contribution is 2.28. The van der Waals surface area contributed by atoms with E-state index in [4.69, 9.17) is 13.6 Å². The Morgan fingerprint density at radius 2 is 1.78 bits per heavy atom. The molecule has 0 radical (unpaired) electrons. The SMILES string of the molecule is CN(Cc1ccco1)C(=O)c1oc2ccccc2c1COc1ccccc1. The molecule has 0 saturated carbocycles. The molecule has 4 aromatic rings. The fourth-order valence-corrected chi connectivity index (χ4v) is 2.97.